The number of piperidine rings is 1. The molecule has 2 aromatic rings. The van der Waals surface area contributed by atoms with Gasteiger partial charge in [0, 0.05) is 64.9 Å². The highest BCUT2D eigenvalue weighted by Gasteiger charge is 2.35. The van der Waals surface area contributed by atoms with Gasteiger partial charge in [-0.15, -0.1) is 0 Å². The monoisotopic (exact) mass is 521 g/mol. The molecule has 0 bridgehead atoms. The first-order valence-electron chi connectivity index (χ1n) is 12.3. The fraction of sp³-hybridized carbons (Fsp3) is 0.542. The number of H-pyrrole nitrogens is 1. The van der Waals surface area contributed by atoms with E-state index in [0.29, 0.717) is 57.7 Å². The number of piperazine rings is 1. The second kappa shape index (κ2) is 11.3. The smallest absolute Gasteiger partial charge is 0.355 e. The first-order valence-corrected chi connectivity index (χ1v) is 12.3. The molecule has 2 aliphatic heterocycles. The van der Waals surface area contributed by atoms with E-state index in [-0.39, 0.29) is 23.4 Å². The van der Waals surface area contributed by atoms with E-state index in [9.17, 15) is 27.6 Å². The number of hydrogen-bond acceptors (Lipinski definition) is 7. The number of nitrogens with one attached hydrogen (secondary N) is 2. The topological polar surface area (TPSA) is 115 Å². The predicted molar refractivity (Wildman–Crippen MR) is 129 cm³/mol. The van der Waals surface area contributed by atoms with Crippen LogP contribution < -0.4 is 15.8 Å². The minimum Gasteiger partial charge on any atom is -0.355 e. The molecule has 0 spiro atoms. The SMILES string of the molecule is CNC(=O)c1ccc(N2CCN(C(=O)CCN3CCCC(c4cc(C(F)(F)F)c(=O)[nH]n4)C3)CC2)nc1. The van der Waals surface area contributed by atoms with E-state index in [1.807, 2.05) is 10.00 Å². The zero-order valence-corrected chi connectivity index (χ0v) is 20.6. The fourth-order valence-electron chi connectivity index (χ4n) is 4.79. The summed E-state index contributed by atoms with van der Waals surface area (Å²) in [4.78, 5) is 46.3. The molecule has 13 heteroatoms. The van der Waals surface area contributed by atoms with E-state index in [1.54, 1.807) is 19.2 Å². The summed E-state index contributed by atoms with van der Waals surface area (Å²) in [6, 6.07) is 4.36. The Morgan fingerprint density at radius 2 is 1.92 bits per heavy atom. The van der Waals surface area contributed by atoms with Gasteiger partial charge in [0.2, 0.25) is 5.91 Å². The number of aromatic nitrogens is 3. The molecule has 2 aromatic heterocycles. The first kappa shape index (κ1) is 26.6. The molecule has 1 unspecified atom stereocenters. The van der Waals surface area contributed by atoms with Crippen LogP contribution in [0.25, 0.3) is 0 Å². The maximum atomic E-state index is 13.1. The van der Waals surface area contributed by atoms with Crippen LogP contribution in [-0.4, -0.2) is 89.7 Å². The number of nitrogens with zero attached hydrogens (tertiary/aromatic N) is 5. The summed E-state index contributed by atoms with van der Waals surface area (Å²) in [7, 11) is 1.56. The molecule has 2 fully saturated rings. The van der Waals surface area contributed by atoms with E-state index in [1.165, 1.54) is 6.20 Å². The lowest BCUT2D eigenvalue weighted by molar-refractivity contribution is -0.139. The number of amides is 2. The van der Waals surface area contributed by atoms with E-state index in [2.05, 4.69) is 25.2 Å². The van der Waals surface area contributed by atoms with Crippen LogP contribution in [0.1, 0.15) is 46.8 Å². The van der Waals surface area contributed by atoms with E-state index >= 15 is 0 Å². The van der Waals surface area contributed by atoms with Crippen LogP contribution in [0.3, 0.4) is 0 Å². The van der Waals surface area contributed by atoms with Crippen LogP contribution in [0.5, 0.6) is 0 Å². The summed E-state index contributed by atoms with van der Waals surface area (Å²) in [6.07, 6.45) is -1.45. The maximum absolute atomic E-state index is 13.1. The van der Waals surface area contributed by atoms with Crippen LogP contribution in [0.2, 0.25) is 0 Å². The van der Waals surface area contributed by atoms with Crippen LogP contribution in [0, 0.1) is 0 Å². The molecule has 10 nitrogen and oxygen atoms in total. The van der Waals surface area contributed by atoms with Gasteiger partial charge < -0.3 is 20.0 Å². The standard InChI is InChI=1S/C24H30F3N7O3/c1-28-22(36)16-4-5-20(29-14-16)33-9-11-34(12-10-33)21(35)6-8-32-7-2-3-17(15-32)19-13-18(24(25,26)27)23(37)31-30-19/h4-5,13-14,17H,2-3,6-12,15H2,1H3,(H,28,36)(H,31,37). The predicted octanol–water partition coefficient (Wildman–Crippen LogP) is 1.46. The Balaban J connectivity index is 1.26. The number of aromatic amines is 1. The van der Waals surface area contributed by atoms with Gasteiger partial charge in [0.05, 0.1) is 11.3 Å². The average molecular weight is 522 g/mol. The third kappa shape index (κ3) is 6.45. The molecule has 37 heavy (non-hydrogen) atoms. The molecule has 1 atom stereocenters. The summed E-state index contributed by atoms with van der Waals surface area (Å²) < 4.78 is 39.4. The minimum atomic E-state index is -4.73. The summed E-state index contributed by atoms with van der Waals surface area (Å²) >= 11 is 0. The highest BCUT2D eigenvalue weighted by Crippen LogP contribution is 2.30. The Bertz CT molecular complexity index is 1160. The summed E-state index contributed by atoms with van der Waals surface area (Å²) in [5.41, 5.74) is -1.78. The Hall–Kier alpha value is -3.48. The van der Waals surface area contributed by atoms with Crippen molar-refractivity contribution in [1.29, 1.82) is 0 Å². The van der Waals surface area contributed by atoms with Gasteiger partial charge in [0.25, 0.3) is 11.5 Å². The van der Waals surface area contributed by atoms with Crippen molar-refractivity contribution in [3.05, 3.63) is 51.6 Å². The quantitative estimate of drug-likeness (QED) is 0.592. The number of anilines is 1. The first-order chi connectivity index (χ1) is 17.7. The van der Waals surface area contributed by atoms with Gasteiger partial charge in [0.1, 0.15) is 11.4 Å². The molecule has 200 valence electrons. The van der Waals surface area contributed by atoms with Gasteiger partial charge >= 0.3 is 6.18 Å². The zero-order chi connectivity index (χ0) is 26.6. The molecule has 0 saturated carbocycles. The second-order valence-electron chi connectivity index (χ2n) is 9.28. The Kier molecular flexibility index (Phi) is 8.10. The molecule has 2 N–H and O–H groups in total. The lowest BCUT2D eigenvalue weighted by Gasteiger charge is -2.36. The summed E-state index contributed by atoms with van der Waals surface area (Å²) in [6.45, 7) is 4.11. The van der Waals surface area contributed by atoms with E-state index < -0.39 is 17.3 Å². The number of alkyl halides is 3. The Morgan fingerprint density at radius 3 is 2.57 bits per heavy atom. The fourth-order valence-corrected chi connectivity index (χ4v) is 4.79. The molecule has 2 aliphatic rings. The van der Waals surface area contributed by atoms with Crippen LogP contribution in [0.15, 0.2) is 29.2 Å². The van der Waals surface area contributed by atoms with Crippen LogP contribution in [0.4, 0.5) is 19.0 Å². The number of likely N-dealkylation sites (tertiary alicyclic amines) is 1. The van der Waals surface area contributed by atoms with Crippen molar-refractivity contribution in [3.8, 4) is 0 Å². The molecule has 0 aromatic carbocycles. The van der Waals surface area contributed by atoms with Gasteiger partial charge in [-0.3, -0.25) is 14.4 Å². The largest absolute Gasteiger partial charge is 0.421 e. The average Bonchev–Trinajstić information content (AvgIpc) is 2.91. The van der Waals surface area contributed by atoms with Gasteiger partial charge in [-0.1, -0.05) is 0 Å². The molecule has 0 aliphatic carbocycles. The van der Waals surface area contributed by atoms with Crippen molar-refractivity contribution in [2.75, 3.05) is 57.8 Å². The normalized spacial score (nSPS) is 19.1. The number of rotatable bonds is 6. The third-order valence-corrected chi connectivity index (χ3v) is 6.89. The number of carbonyl (C=O) groups excluding carboxylic acids is 2. The molecular formula is C24H30F3N7O3. The van der Waals surface area contributed by atoms with Crippen molar-refractivity contribution >= 4 is 17.6 Å². The van der Waals surface area contributed by atoms with Crippen molar-refractivity contribution in [2.24, 2.45) is 0 Å². The number of halogens is 3. The number of carbonyl (C=O) groups is 2. The third-order valence-electron chi connectivity index (χ3n) is 6.89. The second-order valence-corrected chi connectivity index (χ2v) is 9.28. The highest BCUT2D eigenvalue weighted by molar-refractivity contribution is 5.93. The molecule has 2 amide bonds. The summed E-state index contributed by atoms with van der Waals surface area (Å²) in [5, 5.41) is 8.39. The number of hydrogen-bond donors (Lipinski definition) is 2. The highest BCUT2D eigenvalue weighted by atomic mass is 19.4. The number of pyridine rings is 1. The molecule has 4 rings (SSSR count). The molecule has 2 saturated heterocycles. The maximum Gasteiger partial charge on any atom is 0.421 e. The van der Waals surface area contributed by atoms with Crippen molar-refractivity contribution < 1.29 is 22.8 Å². The molecule has 0 radical (unpaired) electrons. The van der Waals surface area contributed by atoms with Gasteiger partial charge in [-0.05, 0) is 37.6 Å². The van der Waals surface area contributed by atoms with Crippen LogP contribution in [-0.2, 0) is 11.0 Å². The van der Waals surface area contributed by atoms with Crippen molar-refractivity contribution in [1.82, 2.24) is 30.3 Å². The van der Waals surface area contributed by atoms with Gasteiger partial charge in [0.15, 0.2) is 0 Å². The lowest BCUT2D eigenvalue weighted by Crippen LogP contribution is -2.49. The Morgan fingerprint density at radius 1 is 1.16 bits per heavy atom. The molecule has 4 heterocycles. The van der Waals surface area contributed by atoms with E-state index in [0.717, 1.165) is 24.8 Å². The Labute approximate surface area is 211 Å². The van der Waals surface area contributed by atoms with E-state index in [4.69, 9.17) is 0 Å². The molecular weight excluding hydrogens is 491 g/mol. The van der Waals surface area contributed by atoms with Crippen molar-refractivity contribution in [2.45, 2.75) is 31.4 Å². The zero-order valence-electron chi connectivity index (χ0n) is 20.6. The minimum absolute atomic E-state index is 0.0335. The van der Waals surface area contributed by atoms with Crippen LogP contribution >= 0.6 is 0 Å². The van der Waals surface area contributed by atoms with Gasteiger partial charge in [-0.25, -0.2) is 10.1 Å². The lowest BCUT2D eigenvalue weighted by atomic mass is 9.93. The van der Waals surface area contributed by atoms with Gasteiger partial charge in [-0.2, -0.15) is 18.3 Å². The van der Waals surface area contributed by atoms with Crippen molar-refractivity contribution in [3.63, 3.8) is 0 Å². The summed E-state index contributed by atoms with van der Waals surface area (Å²) in [5.74, 6) is 0.345.